The molecule has 3 aromatic rings. The summed E-state index contributed by atoms with van der Waals surface area (Å²) >= 11 is 0. The third-order valence-electron chi connectivity index (χ3n) is 7.32. The molecule has 0 saturated carbocycles. The van der Waals surface area contributed by atoms with Crippen molar-refractivity contribution in [1.29, 1.82) is 0 Å². The standard InChI is InChI=1S/C32H35NO7/c1-19(2)24-16-25(20(3)13-28(24)39-6)30(35)32(22-11-12-27(38-5)29(15-22)40-7)17-26(34)31(36)33(32)18-21-9-8-10-23(14-21)37-4/h8-17,19,34H,18H2,1-7H3. The molecule has 1 unspecified atom stereocenters. The third-order valence-corrected chi connectivity index (χ3v) is 7.32. The first-order valence-electron chi connectivity index (χ1n) is 12.9. The number of benzene rings is 3. The van der Waals surface area contributed by atoms with Gasteiger partial charge in [-0.25, -0.2) is 0 Å². The highest BCUT2D eigenvalue weighted by atomic mass is 16.5. The summed E-state index contributed by atoms with van der Waals surface area (Å²) in [6.07, 6.45) is 1.33. The second-order valence-corrected chi connectivity index (χ2v) is 10.0. The van der Waals surface area contributed by atoms with Crippen molar-refractivity contribution >= 4 is 11.7 Å². The van der Waals surface area contributed by atoms with Gasteiger partial charge >= 0.3 is 0 Å². The van der Waals surface area contributed by atoms with Gasteiger partial charge in [-0.2, -0.15) is 0 Å². The van der Waals surface area contributed by atoms with Crippen molar-refractivity contribution in [2.24, 2.45) is 0 Å². The number of carbonyl (C=O) groups excluding carboxylic acids is 2. The van der Waals surface area contributed by atoms with Gasteiger partial charge in [-0.3, -0.25) is 9.59 Å². The van der Waals surface area contributed by atoms with E-state index in [0.29, 0.717) is 39.7 Å². The molecule has 0 fully saturated rings. The van der Waals surface area contributed by atoms with E-state index in [-0.39, 0.29) is 18.2 Å². The van der Waals surface area contributed by atoms with E-state index in [0.717, 1.165) is 11.1 Å². The molecular weight excluding hydrogens is 510 g/mol. The van der Waals surface area contributed by atoms with Crippen molar-refractivity contribution in [3.8, 4) is 23.0 Å². The average molecular weight is 546 g/mol. The predicted molar refractivity (Wildman–Crippen MR) is 152 cm³/mol. The molecule has 1 heterocycles. The number of carbonyl (C=O) groups is 2. The van der Waals surface area contributed by atoms with E-state index in [4.69, 9.17) is 18.9 Å². The quantitative estimate of drug-likeness (QED) is 0.326. The summed E-state index contributed by atoms with van der Waals surface area (Å²) < 4.78 is 22.0. The number of aliphatic hydroxyl groups excluding tert-OH is 1. The van der Waals surface area contributed by atoms with E-state index < -0.39 is 17.2 Å². The van der Waals surface area contributed by atoms with E-state index in [1.807, 2.05) is 45.0 Å². The maximum Gasteiger partial charge on any atom is 0.290 e. The smallest absolute Gasteiger partial charge is 0.290 e. The maximum absolute atomic E-state index is 14.8. The Morgan fingerprint density at radius 1 is 0.900 bits per heavy atom. The van der Waals surface area contributed by atoms with Crippen molar-refractivity contribution < 1.29 is 33.6 Å². The van der Waals surface area contributed by atoms with Crippen molar-refractivity contribution in [1.82, 2.24) is 4.90 Å². The molecule has 40 heavy (non-hydrogen) atoms. The molecule has 0 aromatic heterocycles. The Labute approximate surface area is 234 Å². The normalized spacial score (nSPS) is 16.6. The van der Waals surface area contributed by atoms with Crippen LogP contribution in [0.4, 0.5) is 0 Å². The zero-order valence-electron chi connectivity index (χ0n) is 23.9. The lowest BCUT2D eigenvalue weighted by Crippen LogP contribution is -2.49. The van der Waals surface area contributed by atoms with E-state index in [9.17, 15) is 14.7 Å². The number of amides is 1. The summed E-state index contributed by atoms with van der Waals surface area (Å²) in [5.74, 6) is 0.657. The number of ketones is 1. The molecule has 210 valence electrons. The molecule has 0 radical (unpaired) electrons. The van der Waals surface area contributed by atoms with E-state index in [2.05, 4.69) is 0 Å². The Bertz CT molecular complexity index is 1480. The molecule has 0 spiro atoms. The molecule has 1 aliphatic rings. The second-order valence-electron chi connectivity index (χ2n) is 10.0. The van der Waals surface area contributed by atoms with Crippen LogP contribution in [0.1, 0.15) is 52.4 Å². The number of aliphatic hydroxyl groups is 1. The summed E-state index contributed by atoms with van der Waals surface area (Å²) in [7, 11) is 6.18. The number of methoxy groups -OCH3 is 4. The number of aryl methyl sites for hydroxylation is 1. The predicted octanol–water partition coefficient (Wildman–Crippen LogP) is 5.72. The summed E-state index contributed by atoms with van der Waals surface area (Å²) in [6, 6.07) is 15.9. The molecule has 8 nitrogen and oxygen atoms in total. The SMILES string of the molecule is COc1cccc(CN2C(=O)C(O)=CC2(C(=O)c2cc(C(C)C)c(OC)cc2C)c2ccc(OC)c(OC)c2)c1. The van der Waals surface area contributed by atoms with Crippen molar-refractivity contribution in [3.63, 3.8) is 0 Å². The van der Waals surface area contributed by atoms with Gasteiger partial charge in [0.05, 0.1) is 28.4 Å². The van der Waals surface area contributed by atoms with Gasteiger partial charge in [0.2, 0.25) is 0 Å². The monoisotopic (exact) mass is 545 g/mol. The summed E-state index contributed by atoms with van der Waals surface area (Å²) in [5.41, 5.74) is 1.43. The summed E-state index contributed by atoms with van der Waals surface area (Å²) in [6.45, 7) is 5.90. The van der Waals surface area contributed by atoms with E-state index in [1.54, 1.807) is 44.6 Å². The van der Waals surface area contributed by atoms with Gasteiger partial charge in [0.1, 0.15) is 11.5 Å². The van der Waals surface area contributed by atoms with Crippen LogP contribution in [0.5, 0.6) is 23.0 Å². The van der Waals surface area contributed by atoms with Gasteiger partial charge in [-0.15, -0.1) is 0 Å². The lowest BCUT2D eigenvalue weighted by molar-refractivity contribution is -0.131. The van der Waals surface area contributed by atoms with Crippen LogP contribution in [0.2, 0.25) is 0 Å². The first-order valence-corrected chi connectivity index (χ1v) is 12.9. The highest BCUT2D eigenvalue weighted by Gasteiger charge is 2.53. The van der Waals surface area contributed by atoms with Crippen LogP contribution in [0.3, 0.4) is 0 Å². The van der Waals surface area contributed by atoms with Crippen LogP contribution in [0, 0.1) is 6.92 Å². The van der Waals surface area contributed by atoms with Gasteiger partial charge in [0.15, 0.2) is 28.6 Å². The van der Waals surface area contributed by atoms with E-state index in [1.165, 1.54) is 25.2 Å². The Morgan fingerprint density at radius 3 is 2.23 bits per heavy atom. The molecule has 1 N–H and O–H groups in total. The van der Waals surface area contributed by atoms with Gasteiger partial charge in [0.25, 0.3) is 5.91 Å². The fourth-order valence-electron chi connectivity index (χ4n) is 5.19. The fraction of sp³-hybridized carbons (Fsp3) is 0.312. The molecule has 3 aromatic carbocycles. The minimum absolute atomic E-state index is 0.0307. The lowest BCUT2D eigenvalue weighted by Gasteiger charge is -2.37. The summed E-state index contributed by atoms with van der Waals surface area (Å²) in [4.78, 5) is 29.8. The molecule has 0 aliphatic carbocycles. The highest BCUT2D eigenvalue weighted by molar-refractivity contribution is 6.12. The first kappa shape index (κ1) is 28.5. The Kier molecular flexibility index (Phi) is 8.09. The Balaban J connectivity index is 2.00. The fourth-order valence-corrected chi connectivity index (χ4v) is 5.19. The van der Waals surface area contributed by atoms with Crippen LogP contribution in [-0.4, -0.2) is 50.1 Å². The molecule has 0 bridgehead atoms. The van der Waals surface area contributed by atoms with Crippen LogP contribution < -0.4 is 18.9 Å². The van der Waals surface area contributed by atoms with Crippen LogP contribution in [-0.2, 0) is 16.9 Å². The number of ether oxygens (including phenoxy) is 4. The van der Waals surface area contributed by atoms with Crippen LogP contribution >= 0.6 is 0 Å². The molecule has 0 saturated heterocycles. The van der Waals surface area contributed by atoms with Crippen LogP contribution in [0.15, 0.2) is 66.4 Å². The van der Waals surface area contributed by atoms with Gasteiger partial charge in [-0.05, 0) is 71.5 Å². The average Bonchev–Trinajstić information content (AvgIpc) is 3.21. The molecular formula is C32H35NO7. The van der Waals surface area contributed by atoms with E-state index >= 15 is 0 Å². The number of rotatable bonds is 10. The number of hydrogen-bond donors (Lipinski definition) is 1. The topological polar surface area (TPSA) is 94.5 Å². The lowest BCUT2D eigenvalue weighted by atomic mass is 9.79. The molecule has 1 atom stereocenters. The third kappa shape index (κ3) is 4.85. The summed E-state index contributed by atoms with van der Waals surface area (Å²) in [5, 5.41) is 10.9. The first-order chi connectivity index (χ1) is 19.1. The molecule has 4 rings (SSSR count). The zero-order valence-corrected chi connectivity index (χ0v) is 23.9. The van der Waals surface area contributed by atoms with Crippen LogP contribution in [0.25, 0.3) is 0 Å². The molecule has 1 amide bonds. The second kappa shape index (κ2) is 11.3. The number of Topliss-reactive ketones (excluding diaryl/α,β-unsaturated/α-hetero) is 1. The maximum atomic E-state index is 14.8. The van der Waals surface area contributed by atoms with Gasteiger partial charge < -0.3 is 29.0 Å². The minimum Gasteiger partial charge on any atom is -0.503 e. The number of nitrogens with zero attached hydrogens (tertiary/aromatic N) is 1. The number of hydrogen-bond acceptors (Lipinski definition) is 7. The van der Waals surface area contributed by atoms with Crippen molar-refractivity contribution in [3.05, 3.63) is 94.2 Å². The largest absolute Gasteiger partial charge is 0.503 e. The Morgan fingerprint density at radius 2 is 1.60 bits per heavy atom. The zero-order chi connectivity index (χ0) is 29.2. The highest BCUT2D eigenvalue weighted by Crippen LogP contribution is 2.45. The van der Waals surface area contributed by atoms with Gasteiger partial charge in [0, 0.05) is 18.2 Å². The Hall–Kier alpha value is -4.46. The van der Waals surface area contributed by atoms with Crippen molar-refractivity contribution in [2.75, 3.05) is 28.4 Å². The minimum atomic E-state index is -1.68. The van der Waals surface area contributed by atoms with Crippen molar-refractivity contribution in [2.45, 2.75) is 38.8 Å². The van der Waals surface area contributed by atoms with Gasteiger partial charge in [-0.1, -0.05) is 32.0 Å². The molecule has 1 aliphatic heterocycles. The molecule has 8 heteroatoms.